The maximum atomic E-state index is 13.0. The van der Waals surface area contributed by atoms with Crippen molar-refractivity contribution in [2.45, 2.75) is 24.8 Å². The average molecular weight is 446 g/mol. The highest BCUT2D eigenvalue weighted by atomic mass is 16.5. The molecular formula is C24H22N4O5. The number of rotatable bonds is 8. The van der Waals surface area contributed by atoms with Gasteiger partial charge in [0.15, 0.2) is 11.5 Å². The number of ether oxygens (including phenoxy) is 1. The third-order valence-corrected chi connectivity index (χ3v) is 5.79. The van der Waals surface area contributed by atoms with Crippen LogP contribution in [0.3, 0.4) is 0 Å². The Kier molecular flexibility index (Phi) is 5.29. The Morgan fingerprint density at radius 2 is 2.03 bits per heavy atom. The number of hydrogen-bond acceptors (Lipinski definition) is 7. The summed E-state index contributed by atoms with van der Waals surface area (Å²) in [4.78, 5) is 25.1. The van der Waals surface area contributed by atoms with E-state index in [2.05, 4.69) is 15.6 Å². The maximum absolute atomic E-state index is 13.0. The molecule has 9 nitrogen and oxygen atoms in total. The first-order valence-corrected chi connectivity index (χ1v) is 10.6. The first-order valence-electron chi connectivity index (χ1n) is 10.6. The lowest BCUT2D eigenvalue weighted by Crippen LogP contribution is -2.38. The summed E-state index contributed by atoms with van der Waals surface area (Å²) in [5, 5.41) is 11.4. The quantitative estimate of drug-likeness (QED) is 0.443. The number of methoxy groups -OCH3 is 1. The van der Waals surface area contributed by atoms with E-state index in [1.54, 1.807) is 37.6 Å². The molecule has 33 heavy (non-hydrogen) atoms. The molecule has 1 fully saturated rings. The molecule has 1 aromatic carbocycles. The zero-order valence-corrected chi connectivity index (χ0v) is 18.0. The van der Waals surface area contributed by atoms with Crippen molar-refractivity contribution in [3.05, 3.63) is 76.9 Å². The largest absolute Gasteiger partial charge is 0.497 e. The maximum Gasteiger partial charge on any atom is 0.266 e. The van der Waals surface area contributed by atoms with Gasteiger partial charge >= 0.3 is 0 Å². The fourth-order valence-corrected chi connectivity index (χ4v) is 3.75. The Bertz CT molecular complexity index is 1330. The summed E-state index contributed by atoms with van der Waals surface area (Å²) < 4.78 is 17.4. The van der Waals surface area contributed by atoms with Gasteiger partial charge in [0, 0.05) is 24.2 Å². The van der Waals surface area contributed by atoms with Gasteiger partial charge < -0.3 is 19.0 Å². The molecule has 3 aromatic heterocycles. The van der Waals surface area contributed by atoms with Crippen LogP contribution >= 0.6 is 0 Å². The van der Waals surface area contributed by atoms with Gasteiger partial charge in [-0.2, -0.15) is 5.10 Å². The van der Waals surface area contributed by atoms with Gasteiger partial charge in [-0.3, -0.25) is 9.59 Å². The average Bonchev–Trinajstić information content (AvgIpc) is 3.24. The molecule has 1 saturated carbocycles. The second-order valence-corrected chi connectivity index (χ2v) is 7.90. The van der Waals surface area contributed by atoms with E-state index in [1.165, 1.54) is 10.7 Å². The number of benzene rings is 1. The summed E-state index contributed by atoms with van der Waals surface area (Å²) >= 11 is 0. The number of carbonyl (C=O) groups is 1. The smallest absolute Gasteiger partial charge is 0.266 e. The van der Waals surface area contributed by atoms with Crippen molar-refractivity contribution in [1.82, 2.24) is 20.3 Å². The molecule has 3 heterocycles. The molecule has 1 N–H and O–H groups in total. The predicted molar refractivity (Wildman–Crippen MR) is 119 cm³/mol. The summed E-state index contributed by atoms with van der Waals surface area (Å²) in [6, 6.07) is 15.8. The Balaban J connectivity index is 1.25. The van der Waals surface area contributed by atoms with Crippen molar-refractivity contribution >= 4 is 5.91 Å². The molecule has 1 aliphatic rings. The molecule has 0 aliphatic heterocycles. The first-order chi connectivity index (χ1) is 16.1. The molecule has 0 spiro atoms. The topological polar surface area (TPSA) is 112 Å². The van der Waals surface area contributed by atoms with E-state index in [9.17, 15) is 9.59 Å². The summed E-state index contributed by atoms with van der Waals surface area (Å²) in [5.74, 6) is 1.73. The van der Waals surface area contributed by atoms with E-state index in [4.69, 9.17) is 13.7 Å². The van der Waals surface area contributed by atoms with Crippen LogP contribution in [-0.4, -0.2) is 34.5 Å². The lowest BCUT2D eigenvalue weighted by molar-refractivity contribution is -0.123. The summed E-state index contributed by atoms with van der Waals surface area (Å²) in [6.07, 6.45) is 2.93. The van der Waals surface area contributed by atoms with E-state index < -0.39 is 5.41 Å². The van der Waals surface area contributed by atoms with Crippen LogP contribution in [0.25, 0.3) is 22.8 Å². The van der Waals surface area contributed by atoms with E-state index in [0.717, 1.165) is 5.56 Å². The van der Waals surface area contributed by atoms with Crippen molar-refractivity contribution in [3.8, 4) is 28.5 Å². The summed E-state index contributed by atoms with van der Waals surface area (Å²) in [6.45, 7) is 0.499. The van der Waals surface area contributed by atoms with Gasteiger partial charge in [-0.15, -0.1) is 0 Å². The minimum Gasteiger partial charge on any atom is -0.497 e. The number of nitrogens with zero attached hydrogens (tertiary/aromatic N) is 3. The molecule has 0 bridgehead atoms. The fraction of sp³-hybridized carbons (Fsp3) is 0.250. The minimum atomic E-state index is -0.699. The van der Waals surface area contributed by atoms with Crippen LogP contribution < -0.4 is 15.6 Å². The molecule has 5 rings (SSSR count). The lowest BCUT2D eigenvalue weighted by Gasteiger charge is -2.13. The lowest BCUT2D eigenvalue weighted by atomic mass is 10.0. The van der Waals surface area contributed by atoms with E-state index >= 15 is 0 Å². The second kappa shape index (κ2) is 8.42. The third kappa shape index (κ3) is 4.05. The van der Waals surface area contributed by atoms with Gasteiger partial charge in [0.2, 0.25) is 5.91 Å². The van der Waals surface area contributed by atoms with Crippen LogP contribution in [0.4, 0.5) is 0 Å². The van der Waals surface area contributed by atoms with E-state index in [1.807, 2.05) is 24.3 Å². The monoisotopic (exact) mass is 446 g/mol. The molecule has 0 saturated heterocycles. The van der Waals surface area contributed by atoms with Gasteiger partial charge in [0.1, 0.15) is 11.4 Å². The number of carbonyl (C=O) groups excluding carboxylic acids is 1. The van der Waals surface area contributed by atoms with Crippen molar-refractivity contribution in [3.63, 3.8) is 0 Å². The van der Waals surface area contributed by atoms with Crippen LogP contribution in [0.1, 0.15) is 18.5 Å². The van der Waals surface area contributed by atoms with Crippen molar-refractivity contribution < 1.29 is 18.5 Å². The molecule has 0 radical (unpaired) electrons. The fourth-order valence-electron chi connectivity index (χ4n) is 3.75. The highest BCUT2D eigenvalue weighted by Crippen LogP contribution is 2.48. The van der Waals surface area contributed by atoms with Gasteiger partial charge in [0.05, 0.1) is 31.0 Å². The van der Waals surface area contributed by atoms with Gasteiger partial charge in [-0.1, -0.05) is 17.3 Å². The first kappa shape index (κ1) is 20.7. The molecule has 1 amide bonds. The highest BCUT2D eigenvalue weighted by molar-refractivity contribution is 5.91. The zero-order chi connectivity index (χ0) is 22.8. The predicted octanol–water partition coefficient (Wildman–Crippen LogP) is 3.01. The van der Waals surface area contributed by atoms with E-state index in [-0.39, 0.29) is 24.6 Å². The standard InChI is InChI=1S/C24H22N4O5/c1-31-17-5-2-4-16(14-17)20-15-21(27-33-20)24(9-10-24)23(30)25-11-12-28-22(29)8-7-18(26-28)19-6-3-13-32-19/h2-8,13-15H,9-12H2,1H3,(H,25,30). The van der Waals surface area contributed by atoms with Crippen LogP contribution in [0.5, 0.6) is 5.75 Å². The minimum absolute atomic E-state index is 0.136. The van der Waals surface area contributed by atoms with Gasteiger partial charge in [0.25, 0.3) is 5.56 Å². The summed E-state index contributed by atoms with van der Waals surface area (Å²) in [5.41, 5.74) is 1.03. The SMILES string of the molecule is COc1cccc(-c2cc(C3(C(=O)NCCn4nc(-c5ccco5)ccc4=O)CC3)no2)c1. The number of amides is 1. The Morgan fingerprint density at radius 1 is 1.15 bits per heavy atom. The number of furan rings is 1. The van der Waals surface area contributed by atoms with Crippen molar-refractivity contribution in [1.29, 1.82) is 0 Å². The van der Waals surface area contributed by atoms with Gasteiger partial charge in [-0.05, 0) is 43.2 Å². The zero-order valence-electron chi connectivity index (χ0n) is 18.0. The Labute approximate surface area is 189 Å². The molecule has 4 aromatic rings. The van der Waals surface area contributed by atoms with Crippen LogP contribution in [0.15, 0.2) is 74.6 Å². The molecule has 9 heteroatoms. The van der Waals surface area contributed by atoms with Crippen LogP contribution in [0, 0.1) is 0 Å². The summed E-state index contributed by atoms with van der Waals surface area (Å²) in [7, 11) is 1.60. The van der Waals surface area contributed by atoms with Crippen LogP contribution in [-0.2, 0) is 16.8 Å². The normalized spacial score (nSPS) is 14.1. The molecule has 168 valence electrons. The number of hydrogen-bond donors (Lipinski definition) is 1. The molecular weight excluding hydrogens is 424 g/mol. The second-order valence-electron chi connectivity index (χ2n) is 7.90. The number of nitrogens with one attached hydrogen (secondary N) is 1. The highest BCUT2D eigenvalue weighted by Gasteiger charge is 2.53. The van der Waals surface area contributed by atoms with E-state index in [0.29, 0.717) is 41.5 Å². The molecule has 0 unspecified atom stereocenters. The molecule has 0 atom stereocenters. The van der Waals surface area contributed by atoms with Crippen LogP contribution in [0.2, 0.25) is 0 Å². The third-order valence-electron chi connectivity index (χ3n) is 5.79. The van der Waals surface area contributed by atoms with Gasteiger partial charge in [-0.25, -0.2) is 4.68 Å². The molecule has 1 aliphatic carbocycles. The van der Waals surface area contributed by atoms with Crippen molar-refractivity contribution in [2.75, 3.05) is 13.7 Å². The Morgan fingerprint density at radius 3 is 2.79 bits per heavy atom. The Hall–Kier alpha value is -4.14. The number of aromatic nitrogens is 3. The van der Waals surface area contributed by atoms with Crippen molar-refractivity contribution in [2.24, 2.45) is 0 Å².